The molecule has 0 spiro atoms. The number of benzene rings is 2. The van der Waals surface area contributed by atoms with Crippen LogP contribution in [-0.2, 0) is 16.1 Å². The van der Waals surface area contributed by atoms with Gasteiger partial charge < -0.3 is 15.2 Å². The lowest BCUT2D eigenvalue weighted by atomic mass is 9.78. The first kappa shape index (κ1) is 30.1. The molecule has 0 bridgehead atoms. The molecule has 6 heteroatoms. The van der Waals surface area contributed by atoms with Gasteiger partial charge in [0.25, 0.3) is 0 Å². The summed E-state index contributed by atoms with van der Waals surface area (Å²) in [7, 11) is 0. The molecule has 44 heavy (non-hydrogen) atoms. The van der Waals surface area contributed by atoms with Crippen LogP contribution in [0.1, 0.15) is 91.8 Å². The van der Waals surface area contributed by atoms with Crippen LogP contribution in [0.25, 0.3) is 10.9 Å². The fraction of sp³-hybridized carbons (Fsp3) is 0.447. The number of H-pyrrole nitrogens is 1. The third kappa shape index (κ3) is 5.33. The molecule has 6 rings (SSSR count). The number of nitrogens with one attached hydrogen (secondary N) is 2. The van der Waals surface area contributed by atoms with E-state index in [-0.39, 0.29) is 29.1 Å². The molecule has 2 aliphatic carbocycles. The van der Waals surface area contributed by atoms with E-state index >= 15 is 0 Å². The highest BCUT2D eigenvalue weighted by Crippen LogP contribution is 2.67. The van der Waals surface area contributed by atoms with Gasteiger partial charge in [0.15, 0.2) is 0 Å². The van der Waals surface area contributed by atoms with Crippen LogP contribution < -0.4 is 5.32 Å². The first-order chi connectivity index (χ1) is 21.0. The second-order valence-electron chi connectivity index (χ2n) is 14.0. The summed E-state index contributed by atoms with van der Waals surface area (Å²) in [6.45, 7) is 13.3. The lowest BCUT2D eigenvalue weighted by Gasteiger charge is -2.45. The number of fused-ring (bicyclic) bond motifs is 1. The summed E-state index contributed by atoms with van der Waals surface area (Å²) < 4.78 is 0. The highest BCUT2D eigenvalue weighted by Gasteiger charge is 2.60. The van der Waals surface area contributed by atoms with E-state index in [0.29, 0.717) is 25.8 Å². The molecule has 2 aromatic heterocycles. The maximum Gasteiger partial charge on any atom is 0.250 e. The number of hydrogen-bond donors (Lipinski definition) is 2. The van der Waals surface area contributed by atoms with Crippen LogP contribution >= 0.6 is 0 Å². The van der Waals surface area contributed by atoms with Crippen molar-refractivity contribution in [2.24, 2.45) is 11.3 Å². The van der Waals surface area contributed by atoms with Gasteiger partial charge in [-0.2, -0.15) is 0 Å². The average molecular weight is 591 g/mol. The Kier molecular flexibility index (Phi) is 7.89. The Bertz CT molecular complexity index is 1670. The predicted molar refractivity (Wildman–Crippen MR) is 178 cm³/mol. The van der Waals surface area contributed by atoms with Gasteiger partial charge in [-0.05, 0) is 92.2 Å². The number of anilines is 1. The molecule has 2 atom stereocenters. The molecule has 4 aromatic rings. The Morgan fingerprint density at radius 2 is 1.68 bits per heavy atom. The lowest BCUT2D eigenvalue weighted by molar-refractivity contribution is -0.149. The maximum atomic E-state index is 14.7. The highest BCUT2D eigenvalue weighted by molar-refractivity contribution is 6.01. The molecule has 230 valence electrons. The minimum absolute atomic E-state index is 0.0243. The lowest BCUT2D eigenvalue weighted by Crippen LogP contribution is -2.59. The molecule has 2 saturated carbocycles. The molecule has 2 aromatic carbocycles. The van der Waals surface area contributed by atoms with Crippen LogP contribution in [0.4, 0.5) is 5.69 Å². The smallest absolute Gasteiger partial charge is 0.250 e. The molecule has 2 fully saturated rings. The van der Waals surface area contributed by atoms with E-state index in [1.54, 1.807) is 6.20 Å². The number of para-hydroxylation sites is 1. The number of pyridine rings is 1. The number of carbonyl (C=O) groups excluding carboxylic acids is 2. The van der Waals surface area contributed by atoms with E-state index in [4.69, 9.17) is 0 Å². The molecule has 0 saturated heterocycles. The van der Waals surface area contributed by atoms with Gasteiger partial charge in [-0.1, -0.05) is 75.1 Å². The molecule has 0 unspecified atom stereocenters. The average Bonchev–Trinajstić information content (AvgIpc) is 3.34. The highest BCUT2D eigenvalue weighted by atomic mass is 16.2. The summed E-state index contributed by atoms with van der Waals surface area (Å²) in [5.74, 6) is 0.455. The zero-order valence-electron chi connectivity index (χ0n) is 27.1. The summed E-state index contributed by atoms with van der Waals surface area (Å²) in [5, 5.41) is 4.58. The van der Waals surface area contributed by atoms with E-state index in [1.807, 2.05) is 37.1 Å². The molecule has 0 radical (unpaired) electrons. The Labute approximate surface area is 261 Å². The second-order valence-corrected chi connectivity index (χ2v) is 14.0. The van der Waals surface area contributed by atoms with Crippen LogP contribution in [-0.4, -0.2) is 32.2 Å². The zero-order chi connectivity index (χ0) is 31.2. The van der Waals surface area contributed by atoms with E-state index < -0.39 is 5.54 Å². The molecular weight excluding hydrogens is 544 g/mol. The fourth-order valence-corrected chi connectivity index (χ4v) is 8.21. The summed E-state index contributed by atoms with van der Waals surface area (Å²) in [4.78, 5) is 39.1. The van der Waals surface area contributed by atoms with Gasteiger partial charge in [0.05, 0.1) is 0 Å². The van der Waals surface area contributed by atoms with Crippen molar-refractivity contribution < 1.29 is 9.59 Å². The Morgan fingerprint density at radius 3 is 2.36 bits per heavy atom. The summed E-state index contributed by atoms with van der Waals surface area (Å²) in [6.07, 6.45) is 8.22. The molecule has 6 nitrogen and oxygen atoms in total. The molecular formula is C38H46N4O2. The van der Waals surface area contributed by atoms with E-state index in [9.17, 15) is 9.59 Å². The van der Waals surface area contributed by atoms with Crippen molar-refractivity contribution in [2.75, 3.05) is 5.32 Å². The van der Waals surface area contributed by atoms with Crippen molar-refractivity contribution in [1.29, 1.82) is 0 Å². The molecule has 2 N–H and O–H groups in total. The van der Waals surface area contributed by atoms with Crippen molar-refractivity contribution in [3.05, 3.63) is 94.4 Å². The van der Waals surface area contributed by atoms with Crippen LogP contribution in [0.3, 0.4) is 0 Å². The van der Waals surface area contributed by atoms with Gasteiger partial charge in [0.1, 0.15) is 5.54 Å². The number of hydrogen-bond acceptors (Lipinski definition) is 3. The minimum Gasteiger partial charge on any atom is -0.358 e. The van der Waals surface area contributed by atoms with Gasteiger partial charge >= 0.3 is 0 Å². The van der Waals surface area contributed by atoms with E-state index in [0.717, 1.165) is 47.2 Å². The number of amides is 2. The Balaban J connectivity index is 1.35. The van der Waals surface area contributed by atoms with Gasteiger partial charge in [-0.3, -0.25) is 14.6 Å². The second kappa shape index (κ2) is 11.5. The topological polar surface area (TPSA) is 78.1 Å². The standard InChI is InChI=1S/C38H46N4O2/c1-24-19-25(2)35(26(3)20-24)41-36(44)38(16-10-7-11-17-38)42(23-28-13-12-18-39-22-28)32(43)21-30-34(37(30,5)6)33-27(4)40-31-15-9-8-14-29(31)33/h8-9,12-15,18-20,22,30,34,40H,7,10-11,16-17,21,23H2,1-6H3,(H,41,44)/t30-,34-/m1/s1. The summed E-state index contributed by atoms with van der Waals surface area (Å²) >= 11 is 0. The van der Waals surface area contributed by atoms with Crippen LogP contribution in [0, 0.1) is 39.0 Å². The van der Waals surface area contributed by atoms with Crippen molar-refractivity contribution in [3.8, 4) is 0 Å². The van der Waals surface area contributed by atoms with Gasteiger partial charge in [-0.25, -0.2) is 0 Å². The SMILES string of the molecule is Cc1cc(C)c(NC(=O)C2(N(Cc3cccnc3)C(=O)C[C@@H]3[C@H](c4c(C)[nH]c5ccccc45)C3(C)C)CCCCC2)c(C)c1. The van der Waals surface area contributed by atoms with Crippen molar-refractivity contribution >= 4 is 28.4 Å². The van der Waals surface area contributed by atoms with Crippen LogP contribution in [0.2, 0.25) is 0 Å². The van der Waals surface area contributed by atoms with Crippen LogP contribution in [0.5, 0.6) is 0 Å². The largest absolute Gasteiger partial charge is 0.358 e. The van der Waals surface area contributed by atoms with E-state index in [1.165, 1.54) is 22.2 Å². The van der Waals surface area contributed by atoms with Crippen molar-refractivity contribution in [1.82, 2.24) is 14.9 Å². The number of nitrogens with zero attached hydrogens (tertiary/aromatic N) is 2. The normalized spacial score (nSPS) is 20.3. The first-order valence-electron chi connectivity index (χ1n) is 16.2. The van der Waals surface area contributed by atoms with E-state index in [2.05, 4.69) is 79.4 Å². The first-order valence-corrected chi connectivity index (χ1v) is 16.2. The van der Waals surface area contributed by atoms with Gasteiger partial charge in [0, 0.05) is 47.6 Å². The molecule has 2 amide bonds. The Hall–Kier alpha value is -3.93. The summed E-state index contributed by atoms with van der Waals surface area (Å²) in [5.41, 5.74) is 7.78. The monoisotopic (exact) mass is 590 g/mol. The maximum absolute atomic E-state index is 14.7. The van der Waals surface area contributed by atoms with Crippen molar-refractivity contribution in [3.63, 3.8) is 0 Å². The quantitative estimate of drug-likeness (QED) is 0.217. The third-order valence-corrected chi connectivity index (χ3v) is 10.6. The minimum atomic E-state index is -0.916. The fourth-order valence-electron chi connectivity index (χ4n) is 8.21. The van der Waals surface area contributed by atoms with Gasteiger partial charge in [-0.15, -0.1) is 0 Å². The number of aromatic amines is 1. The predicted octanol–water partition coefficient (Wildman–Crippen LogP) is 8.30. The number of aromatic nitrogens is 2. The summed E-state index contributed by atoms with van der Waals surface area (Å²) in [6, 6.07) is 16.6. The van der Waals surface area contributed by atoms with Gasteiger partial charge in [0.2, 0.25) is 11.8 Å². The van der Waals surface area contributed by atoms with Crippen molar-refractivity contribution in [2.45, 2.75) is 98.1 Å². The number of carbonyl (C=O) groups is 2. The third-order valence-electron chi connectivity index (χ3n) is 10.6. The van der Waals surface area contributed by atoms with Crippen LogP contribution in [0.15, 0.2) is 60.9 Å². The molecule has 2 aliphatic rings. The number of aryl methyl sites for hydroxylation is 4. The molecule has 2 heterocycles. The number of rotatable bonds is 8. The Morgan fingerprint density at radius 1 is 0.977 bits per heavy atom. The molecule has 0 aliphatic heterocycles. The zero-order valence-corrected chi connectivity index (χ0v) is 27.1.